The molecule has 2 aromatic carbocycles. The number of pyridine rings is 1. The van der Waals surface area contributed by atoms with Gasteiger partial charge in [-0.2, -0.15) is 0 Å². The van der Waals surface area contributed by atoms with Crippen molar-refractivity contribution in [2.45, 2.75) is 31.2 Å². The maximum atomic E-state index is 13.6. The summed E-state index contributed by atoms with van der Waals surface area (Å²) in [5.41, 5.74) is 1.95. The van der Waals surface area contributed by atoms with Gasteiger partial charge in [-0.1, -0.05) is 41.4 Å². The molecule has 11 heteroatoms. The van der Waals surface area contributed by atoms with E-state index in [-0.39, 0.29) is 38.6 Å². The molecule has 4 rings (SSSR count). The van der Waals surface area contributed by atoms with Crippen LogP contribution < -0.4 is 14.9 Å². The van der Waals surface area contributed by atoms with E-state index in [4.69, 9.17) is 23.2 Å². The van der Waals surface area contributed by atoms with E-state index in [1.54, 1.807) is 49.4 Å². The Bertz CT molecular complexity index is 1410. The van der Waals surface area contributed by atoms with Crippen molar-refractivity contribution in [3.05, 3.63) is 81.6 Å². The second-order valence-corrected chi connectivity index (χ2v) is 10.9. The fourth-order valence-electron chi connectivity index (χ4n) is 3.94. The van der Waals surface area contributed by atoms with Crippen molar-refractivity contribution < 1.29 is 18.0 Å². The molecule has 8 nitrogen and oxygen atoms in total. The van der Waals surface area contributed by atoms with Gasteiger partial charge in [0.2, 0.25) is 5.91 Å². The quantitative estimate of drug-likeness (QED) is 0.511. The Morgan fingerprint density at radius 3 is 2.43 bits per heavy atom. The molecule has 0 saturated heterocycles. The van der Waals surface area contributed by atoms with Crippen molar-refractivity contribution in [2.75, 3.05) is 16.2 Å². The summed E-state index contributed by atoms with van der Waals surface area (Å²) >= 11 is 12.3. The summed E-state index contributed by atoms with van der Waals surface area (Å²) in [5, 5.41) is 5.84. The molecule has 1 aromatic heterocycles. The predicted molar refractivity (Wildman–Crippen MR) is 136 cm³/mol. The maximum absolute atomic E-state index is 13.6. The van der Waals surface area contributed by atoms with Crippen molar-refractivity contribution in [2.24, 2.45) is 0 Å². The second kappa shape index (κ2) is 9.85. The first kappa shape index (κ1) is 25.0. The van der Waals surface area contributed by atoms with E-state index >= 15 is 0 Å². The Morgan fingerprint density at radius 1 is 1.09 bits per heavy atom. The van der Waals surface area contributed by atoms with Crippen LogP contribution in [0.5, 0.6) is 0 Å². The molecule has 0 spiro atoms. The van der Waals surface area contributed by atoms with Crippen LogP contribution in [0.15, 0.2) is 59.6 Å². The number of nitrogens with one attached hydrogen (secondary N) is 2. The number of sulfonamides is 1. The van der Waals surface area contributed by atoms with Crippen molar-refractivity contribution >= 4 is 56.4 Å². The molecule has 0 fully saturated rings. The lowest BCUT2D eigenvalue weighted by Gasteiger charge is -2.35. The van der Waals surface area contributed by atoms with Crippen molar-refractivity contribution in [1.29, 1.82) is 0 Å². The third-order valence-corrected chi connectivity index (χ3v) is 7.88. The van der Waals surface area contributed by atoms with Crippen LogP contribution in [0, 0.1) is 6.92 Å². The Hall–Kier alpha value is -3.14. The highest BCUT2D eigenvalue weighted by molar-refractivity contribution is 7.92. The van der Waals surface area contributed by atoms with Crippen LogP contribution in [0.4, 0.5) is 11.4 Å². The van der Waals surface area contributed by atoms with Gasteiger partial charge >= 0.3 is 0 Å². The van der Waals surface area contributed by atoms with Crippen molar-refractivity contribution in [1.82, 2.24) is 10.3 Å². The van der Waals surface area contributed by atoms with Crippen LogP contribution in [0.3, 0.4) is 0 Å². The number of fused-ring (bicyclic) bond motifs is 1. The molecule has 0 unspecified atom stereocenters. The summed E-state index contributed by atoms with van der Waals surface area (Å²) < 4.78 is 28.5. The minimum absolute atomic E-state index is 0.0122. The standard InChI is InChI=1S/C24H22Cl2N4O4S/c1-14-5-3-6-18(9-14)35(33,34)30-13-17(28-15(2)31)10-21-22(30)11-16(12-27-21)29-24(32)23-19(25)7-4-8-20(23)26/h3-9,11-12,17H,10,13H2,1-2H3,(H,28,31)(H,29,32)/t17-/m1/s1. The van der Waals surface area contributed by atoms with Crippen molar-refractivity contribution in [3.63, 3.8) is 0 Å². The lowest BCUT2D eigenvalue weighted by atomic mass is 10.0. The van der Waals surface area contributed by atoms with Crippen LogP contribution in [0.1, 0.15) is 28.5 Å². The van der Waals surface area contributed by atoms with E-state index in [9.17, 15) is 18.0 Å². The second-order valence-electron chi connectivity index (χ2n) is 8.19. The number of benzene rings is 2. The summed E-state index contributed by atoms with van der Waals surface area (Å²) in [6.07, 6.45) is 1.76. The highest BCUT2D eigenvalue weighted by atomic mass is 35.5. The molecule has 1 aliphatic heterocycles. The topological polar surface area (TPSA) is 108 Å². The van der Waals surface area contributed by atoms with Gasteiger partial charge in [-0.05, 0) is 42.8 Å². The number of hydrogen-bond acceptors (Lipinski definition) is 5. The van der Waals surface area contributed by atoms with E-state index in [2.05, 4.69) is 15.6 Å². The summed E-state index contributed by atoms with van der Waals surface area (Å²) in [4.78, 5) is 29.1. The first-order valence-electron chi connectivity index (χ1n) is 10.7. The number of rotatable bonds is 5. The molecular formula is C24H22Cl2N4O4S. The molecule has 0 bridgehead atoms. The number of anilines is 2. The lowest BCUT2D eigenvalue weighted by Crippen LogP contribution is -2.50. The van der Waals surface area contributed by atoms with Crippen LogP contribution in [-0.2, 0) is 21.2 Å². The Morgan fingerprint density at radius 2 is 1.77 bits per heavy atom. The number of carbonyl (C=O) groups excluding carboxylic acids is 2. The predicted octanol–water partition coefficient (Wildman–Crippen LogP) is 4.21. The average molecular weight is 533 g/mol. The molecule has 2 amide bonds. The SMILES string of the molecule is CC(=O)N[C@@H]1Cc2ncc(NC(=O)c3c(Cl)cccc3Cl)cc2N(S(=O)(=O)c2cccc(C)c2)C1. The van der Waals surface area contributed by atoms with E-state index in [1.165, 1.54) is 23.5 Å². The van der Waals surface area contributed by atoms with Gasteiger partial charge in [0, 0.05) is 13.3 Å². The number of aryl methyl sites for hydroxylation is 1. The monoisotopic (exact) mass is 532 g/mol. The fraction of sp³-hybridized carbons (Fsp3) is 0.208. The number of nitrogens with zero attached hydrogens (tertiary/aromatic N) is 2. The third kappa shape index (κ3) is 5.27. The first-order valence-corrected chi connectivity index (χ1v) is 12.9. The number of halogens is 2. The molecular weight excluding hydrogens is 511 g/mol. The third-order valence-electron chi connectivity index (χ3n) is 5.47. The van der Waals surface area contributed by atoms with Gasteiger partial charge in [-0.3, -0.25) is 18.9 Å². The highest BCUT2D eigenvalue weighted by Crippen LogP contribution is 2.34. The van der Waals surface area contributed by atoms with Crippen LogP contribution in [0.25, 0.3) is 0 Å². The van der Waals surface area contributed by atoms with E-state index in [0.29, 0.717) is 17.8 Å². The van der Waals surface area contributed by atoms with Gasteiger partial charge in [0.05, 0.1) is 56.4 Å². The minimum Gasteiger partial charge on any atom is -0.351 e. The van der Waals surface area contributed by atoms with E-state index in [1.807, 2.05) is 0 Å². The molecule has 3 aromatic rings. The molecule has 0 aliphatic carbocycles. The number of carbonyl (C=O) groups is 2. The molecule has 35 heavy (non-hydrogen) atoms. The molecule has 2 N–H and O–H groups in total. The van der Waals surface area contributed by atoms with Gasteiger partial charge in [0.15, 0.2) is 0 Å². The Balaban J connectivity index is 1.74. The number of amides is 2. The summed E-state index contributed by atoms with van der Waals surface area (Å²) in [6.45, 7) is 3.19. The van der Waals surface area contributed by atoms with E-state index < -0.39 is 22.0 Å². The van der Waals surface area contributed by atoms with Crippen LogP contribution in [0.2, 0.25) is 10.0 Å². The zero-order chi connectivity index (χ0) is 25.3. The lowest BCUT2D eigenvalue weighted by molar-refractivity contribution is -0.119. The maximum Gasteiger partial charge on any atom is 0.264 e. The largest absolute Gasteiger partial charge is 0.351 e. The van der Waals surface area contributed by atoms with Gasteiger partial charge in [0.25, 0.3) is 15.9 Å². The molecule has 1 atom stereocenters. The molecule has 1 aliphatic rings. The summed E-state index contributed by atoms with van der Waals surface area (Å²) in [6, 6.07) is 12.4. The van der Waals surface area contributed by atoms with Gasteiger partial charge in [0.1, 0.15) is 0 Å². The summed E-state index contributed by atoms with van der Waals surface area (Å²) in [5.74, 6) is -0.825. The number of aromatic nitrogens is 1. The number of hydrogen-bond donors (Lipinski definition) is 2. The molecule has 2 heterocycles. The molecule has 0 radical (unpaired) electrons. The fourth-order valence-corrected chi connectivity index (χ4v) is 6.14. The van der Waals surface area contributed by atoms with Gasteiger partial charge in [-0.25, -0.2) is 8.42 Å². The van der Waals surface area contributed by atoms with Crippen LogP contribution >= 0.6 is 23.2 Å². The average Bonchev–Trinajstić information content (AvgIpc) is 2.78. The normalized spacial score (nSPS) is 15.3. The summed E-state index contributed by atoms with van der Waals surface area (Å²) in [7, 11) is -3.99. The Labute approximate surface area is 213 Å². The van der Waals surface area contributed by atoms with Crippen molar-refractivity contribution in [3.8, 4) is 0 Å². The van der Waals surface area contributed by atoms with Crippen LogP contribution in [-0.4, -0.2) is 37.8 Å². The minimum atomic E-state index is -3.99. The highest BCUT2D eigenvalue weighted by Gasteiger charge is 2.35. The van der Waals surface area contributed by atoms with Gasteiger partial charge in [-0.15, -0.1) is 0 Å². The first-order chi connectivity index (χ1) is 16.6. The smallest absolute Gasteiger partial charge is 0.264 e. The Kier molecular flexibility index (Phi) is 7.02. The molecule has 0 saturated carbocycles. The zero-order valence-electron chi connectivity index (χ0n) is 18.9. The van der Waals surface area contributed by atoms with Gasteiger partial charge < -0.3 is 10.6 Å². The van der Waals surface area contributed by atoms with E-state index in [0.717, 1.165) is 5.56 Å². The molecule has 182 valence electrons. The zero-order valence-corrected chi connectivity index (χ0v) is 21.2.